The fraction of sp³-hybridized carbons (Fsp3) is 0.0769. The number of hydrogen-bond donors (Lipinski definition) is 0. The van der Waals surface area contributed by atoms with Crippen LogP contribution in [0.1, 0.15) is 0 Å². The highest BCUT2D eigenvalue weighted by molar-refractivity contribution is 6.01. The standard InChI is InChI=1S/C13H9N3/c1-2-4-12-9(3-1)10-7-14-8-11(10)13-15-5-6-16(12)13/h1-5,7-8H,6H2. The van der Waals surface area contributed by atoms with E-state index in [9.17, 15) is 0 Å². The molecule has 3 heteroatoms. The molecule has 0 aromatic heterocycles. The van der Waals surface area contributed by atoms with Gasteiger partial charge in [-0.25, -0.2) is 4.99 Å². The summed E-state index contributed by atoms with van der Waals surface area (Å²) in [5.41, 5.74) is 3.57. The van der Waals surface area contributed by atoms with E-state index in [1.165, 1.54) is 16.5 Å². The zero-order chi connectivity index (χ0) is 10.5. The van der Waals surface area contributed by atoms with Gasteiger partial charge in [0, 0.05) is 35.1 Å². The lowest BCUT2D eigenvalue weighted by Crippen LogP contribution is -1.98. The van der Waals surface area contributed by atoms with Crippen LogP contribution in [0.25, 0.3) is 22.0 Å². The number of fused-ring (bicyclic) bond motifs is 6. The molecule has 1 aromatic carbocycles. The predicted octanol–water partition coefficient (Wildman–Crippen LogP) is 2.86. The maximum absolute atomic E-state index is 4.45. The Hall–Kier alpha value is -2.16. The largest absolute Gasteiger partial charge is 0.320 e. The molecule has 0 atom stereocenters. The number of rotatable bonds is 0. The van der Waals surface area contributed by atoms with Crippen LogP contribution in [0, 0.1) is 0 Å². The molecule has 0 aliphatic carbocycles. The van der Waals surface area contributed by atoms with Crippen LogP contribution in [-0.2, 0) is 6.54 Å². The summed E-state index contributed by atoms with van der Waals surface area (Å²) in [6, 6.07) is 8.42. The van der Waals surface area contributed by atoms with E-state index in [0.29, 0.717) is 0 Å². The molecule has 0 amide bonds. The lowest BCUT2D eigenvalue weighted by atomic mass is 10.0. The molecule has 1 aromatic rings. The van der Waals surface area contributed by atoms with Gasteiger partial charge in [0.25, 0.3) is 0 Å². The minimum atomic E-state index is 0.858. The average Bonchev–Trinajstić information content (AvgIpc) is 2.98. The summed E-state index contributed by atoms with van der Waals surface area (Å²) in [7, 11) is 0. The van der Waals surface area contributed by atoms with Crippen LogP contribution >= 0.6 is 0 Å². The summed E-state index contributed by atoms with van der Waals surface area (Å²) in [6.07, 6.45) is 5.77. The zero-order valence-corrected chi connectivity index (χ0v) is 8.59. The van der Waals surface area contributed by atoms with Crippen LogP contribution in [0.4, 0.5) is 5.82 Å². The van der Waals surface area contributed by atoms with Crippen molar-refractivity contribution in [1.82, 2.24) is 9.55 Å². The summed E-state index contributed by atoms with van der Waals surface area (Å²) in [5.74, 6) is 1.03. The van der Waals surface area contributed by atoms with Crippen molar-refractivity contribution in [3.63, 3.8) is 0 Å². The van der Waals surface area contributed by atoms with Crippen molar-refractivity contribution in [3.8, 4) is 11.1 Å². The number of hydrogen-bond acceptors (Lipinski definition) is 2. The number of benzene rings is 1. The summed E-state index contributed by atoms with van der Waals surface area (Å²) < 4.78 is 2.24. The van der Waals surface area contributed by atoms with E-state index in [0.717, 1.165) is 17.9 Å². The minimum absolute atomic E-state index is 0.858. The Labute approximate surface area is 92.4 Å². The topological polar surface area (TPSA) is 30.2 Å². The van der Waals surface area contributed by atoms with Crippen LogP contribution in [-0.4, -0.2) is 15.8 Å². The van der Waals surface area contributed by atoms with Gasteiger partial charge in [0.15, 0.2) is 0 Å². The Morgan fingerprint density at radius 1 is 1.06 bits per heavy atom. The van der Waals surface area contributed by atoms with Gasteiger partial charge in [0.05, 0.1) is 12.1 Å². The van der Waals surface area contributed by atoms with E-state index in [4.69, 9.17) is 0 Å². The van der Waals surface area contributed by atoms with E-state index >= 15 is 0 Å². The highest BCUT2D eigenvalue weighted by atomic mass is 15.1. The number of nitrogens with zero attached hydrogens (tertiary/aromatic N) is 3. The molecular weight excluding hydrogens is 198 g/mol. The summed E-state index contributed by atoms with van der Waals surface area (Å²) in [4.78, 5) is 8.69. The Balaban J connectivity index is 2.33. The Morgan fingerprint density at radius 3 is 2.94 bits per heavy atom. The molecule has 0 bridgehead atoms. The number of aromatic nitrogens is 2. The quantitative estimate of drug-likeness (QED) is 0.557. The van der Waals surface area contributed by atoms with Crippen LogP contribution < -0.4 is 0 Å². The zero-order valence-electron chi connectivity index (χ0n) is 8.59. The van der Waals surface area contributed by atoms with Crippen LogP contribution in [0.15, 0.2) is 41.7 Å². The minimum Gasteiger partial charge on any atom is -0.320 e. The predicted molar refractivity (Wildman–Crippen MR) is 64.5 cm³/mol. The maximum Gasteiger partial charge on any atom is 0.142 e. The van der Waals surface area contributed by atoms with Gasteiger partial charge in [-0.05, 0) is 6.07 Å². The number of pyridine rings is 1. The molecule has 3 aliphatic rings. The molecule has 3 heterocycles. The van der Waals surface area contributed by atoms with Gasteiger partial charge < -0.3 is 4.57 Å². The SMILES string of the molecule is C1=Nc2c3cncc-3c3ccccc3n2C1. The number of aliphatic imine (C=N–C) groups is 1. The summed E-state index contributed by atoms with van der Waals surface area (Å²) >= 11 is 0. The lowest BCUT2D eigenvalue weighted by molar-refractivity contribution is 0.937. The third kappa shape index (κ3) is 0.834. The number of para-hydroxylation sites is 1. The molecule has 0 N–H and O–H groups in total. The first kappa shape index (κ1) is 8.05. The molecule has 76 valence electrons. The van der Waals surface area contributed by atoms with Gasteiger partial charge >= 0.3 is 0 Å². The molecule has 0 radical (unpaired) electrons. The van der Waals surface area contributed by atoms with E-state index in [2.05, 4.69) is 38.8 Å². The fourth-order valence-electron chi connectivity index (χ4n) is 2.45. The Bertz CT molecular complexity index is 694. The molecule has 0 saturated heterocycles. The van der Waals surface area contributed by atoms with Crippen molar-refractivity contribution in [2.45, 2.75) is 6.54 Å². The Morgan fingerprint density at radius 2 is 1.94 bits per heavy atom. The average molecular weight is 207 g/mol. The smallest absolute Gasteiger partial charge is 0.142 e. The molecule has 0 unspecified atom stereocenters. The summed E-state index contributed by atoms with van der Waals surface area (Å²) in [5, 5.41) is 1.25. The third-order valence-corrected chi connectivity index (χ3v) is 3.16. The van der Waals surface area contributed by atoms with Gasteiger partial charge in [0.2, 0.25) is 0 Å². The fourth-order valence-corrected chi connectivity index (χ4v) is 2.45. The lowest BCUT2D eigenvalue weighted by Gasteiger charge is -2.13. The van der Waals surface area contributed by atoms with Gasteiger partial charge in [-0.1, -0.05) is 18.2 Å². The van der Waals surface area contributed by atoms with Crippen molar-refractivity contribution in [1.29, 1.82) is 0 Å². The van der Waals surface area contributed by atoms with Crippen molar-refractivity contribution >= 4 is 22.9 Å². The highest BCUT2D eigenvalue weighted by Crippen LogP contribution is 2.39. The van der Waals surface area contributed by atoms with Gasteiger partial charge in [-0.15, -0.1) is 0 Å². The van der Waals surface area contributed by atoms with Crippen molar-refractivity contribution < 1.29 is 0 Å². The first-order chi connectivity index (χ1) is 7.95. The van der Waals surface area contributed by atoms with Gasteiger partial charge in [-0.2, -0.15) is 0 Å². The monoisotopic (exact) mass is 207 g/mol. The van der Waals surface area contributed by atoms with Gasteiger partial charge in [-0.3, -0.25) is 4.98 Å². The first-order valence-corrected chi connectivity index (χ1v) is 5.32. The van der Waals surface area contributed by atoms with Crippen molar-refractivity contribution in [3.05, 3.63) is 36.7 Å². The van der Waals surface area contributed by atoms with Crippen LogP contribution in [0.3, 0.4) is 0 Å². The molecule has 0 fully saturated rings. The van der Waals surface area contributed by atoms with E-state index in [1.54, 1.807) is 0 Å². The van der Waals surface area contributed by atoms with E-state index in [1.807, 2.05) is 18.6 Å². The third-order valence-electron chi connectivity index (χ3n) is 3.16. The molecule has 3 nitrogen and oxygen atoms in total. The summed E-state index contributed by atoms with van der Waals surface area (Å²) in [6.45, 7) is 0.858. The van der Waals surface area contributed by atoms with E-state index in [-0.39, 0.29) is 0 Å². The highest BCUT2D eigenvalue weighted by Gasteiger charge is 2.19. The second-order valence-corrected chi connectivity index (χ2v) is 4.00. The molecule has 3 aliphatic heterocycles. The molecule has 16 heavy (non-hydrogen) atoms. The van der Waals surface area contributed by atoms with Gasteiger partial charge in [0.1, 0.15) is 5.82 Å². The first-order valence-electron chi connectivity index (χ1n) is 5.32. The van der Waals surface area contributed by atoms with Crippen molar-refractivity contribution in [2.75, 3.05) is 0 Å². The Kier molecular flexibility index (Phi) is 1.36. The normalized spacial score (nSPS) is 13.8. The van der Waals surface area contributed by atoms with E-state index < -0.39 is 0 Å². The molecule has 0 spiro atoms. The van der Waals surface area contributed by atoms with Crippen LogP contribution in [0.5, 0.6) is 0 Å². The molecule has 0 saturated carbocycles. The van der Waals surface area contributed by atoms with Crippen LogP contribution in [0.2, 0.25) is 0 Å². The second-order valence-electron chi connectivity index (χ2n) is 4.00. The molecule has 4 rings (SSSR count). The van der Waals surface area contributed by atoms with Crippen molar-refractivity contribution in [2.24, 2.45) is 4.99 Å². The maximum atomic E-state index is 4.45. The molecular formula is C13H9N3. The second kappa shape index (κ2) is 2.70.